The lowest BCUT2D eigenvalue weighted by Gasteiger charge is -2.04. The first-order chi connectivity index (χ1) is 9.86. The van der Waals surface area contributed by atoms with E-state index >= 15 is 0 Å². The maximum Gasteiger partial charge on any atom is -0.0124 e. The van der Waals surface area contributed by atoms with Crippen molar-refractivity contribution < 1.29 is 0 Å². The van der Waals surface area contributed by atoms with E-state index in [-0.39, 0.29) is 0 Å². The molecule has 0 heterocycles. The van der Waals surface area contributed by atoms with E-state index in [9.17, 15) is 0 Å². The summed E-state index contributed by atoms with van der Waals surface area (Å²) < 4.78 is 0. The Labute approximate surface area is 127 Å². The molecule has 0 aliphatic rings. The highest BCUT2D eigenvalue weighted by Crippen LogP contribution is 2.13. The molecule has 0 saturated heterocycles. The van der Waals surface area contributed by atoms with Gasteiger partial charge in [0.15, 0.2) is 0 Å². The molecular formula is C20H33. The monoisotopic (exact) mass is 273 g/mol. The van der Waals surface area contributed by atoms with Crippen molar-refractivity contribution in [2.75, 3.05) is 0 Å². The summed E-state index contributed by atoms with van der Waals surface area (Å²) in [6.07, 6.45) is 17.6. The van der Waals surface area contributed by atoms with Crippen molar-refractivity contribution in [1.82, 2.24) is 0 Å². The number of benzene rings is 1. The van der Waals surface area contributed by atoms with Gasteiger partial charge in [-0.3, -0.25) is 0 Å². The Balaban J connectivity index is 1.91. The van der Waals surface area contributed by atoms with Crippen LogP contribution in [0.15, 0.2) is 24.3 Å². The minimum Gasteiger partial charge on any atom is -0.0654 e. The summed E-state index contributed by atoms with van der Waals surface area (Å²) in [7, 11) is 0. The molecule has 1 rings (SSSR count). The summed E-state index contributed by atoms with van der Waals surface area (Å²) >= 11 is 0. The zero-order valence-corrected chi connectivity index (χ0v) is 13.7. The van der Waals surface area contributed by atoms with Crippen molar-refractivity contribution in [3.63, 3.8) is 0 Å². The average molecular weight is 273 g/mol. The van der Waals surface area contributed by atoms with Crippen LogP contribution in [0.3, 0.4) is 0 Å². The minimum atomic E-state index is 1.25. The van der Waals surface area contributed by atoms with Gasteiger partial charge in [-0.2, -0.15) is 0 Å². The largest absolute Gasteiger partial charge is 0.0654 e. The Bertz CT molecular complexity index is 309. The van der Waals surface area contributed by atoms with Crippen LogP contribution in [0.4, 0.5) is 0 Å². The fraction of sp³-hybridized carbons (Fsp3) is 0.650. The first kappa shape index (κ1) is 17.3. The Hall–Kier alpha value is -0.780. The third-order valence-corrected chi connectivity index (χ3v) is 4.13. The first-order valence-corrected chi connectivity index (χ1v) is 8.75. The summed E-state index contributed by atoms with van der Waals surface area (Å²) in [6.45, 7) is 4.38. The minimum absolute atomic E-state index is 1.25. The summed E-state index contributed by atoms with van der Waals surface area (Å²) in [5.74, 6) is 0. The number of hydrogen-bond donors (Lipinski definition) is 0. The van der Waals surface area contributed by atoms with E-state index in [0.29, 0.717) is 0 Å². The van der Waals surface area contributed by atoms with Gasteiger partial charge in [-0.15, -0.1) is 0 Å². The molecule has 0 N–H and O–H groups in total. The second kappa shape index (κ2) is 12.0. The van der Waals surface area contributed by atoms with E-state index in [0.717, 1.165) is 0 Å². The predicted molar refractivity (Wildman–Crippen MR) is 91.1 cm³/mol. The molecule has 0 atom stereocenters. The zero-order valence-electron chi connectivity index (χ0n) is 13.7. The molecule has 0 heteroatoms. The van der Waals surface area contributed by atoms with Crippen LogP contribution in [0.5, 0.6) is 0 Å². The maximum absolute atomic E-state index is 2.29. The van der Waals surface area contributed by atoms with Crippen molar-refractivity contribution in [2.45, 2.75) is 84.5 Å². The molecular weight excluding hydrogens is 240 g/mol. The smallest absolute Gasteiger partial charge is 0.0124 e. The third-order valence-electron chi connectivity index (χ3n) is 4.13. The zero-order chi connectivity index (χ0) is 14.5. The molecule has 1 aromatic carbocycles. The summed E-state index contributed by atoms with van der Waals surface area (Å²) in [5.41, 5.74) is 2.83. The second-order valence-corrected chi connectivity index (χ2v) is 5.96. The lowest BCUT2D eigenvalue weighted by Crippen LogP contribution is -1.87. The lowest BCUT2D eigenvalue weighted by molar-refractivity contribution is 0.556. The molecule has 0 nitrogen and oxygen atoms in total. The molecule has 0 fully saturated rings. The fourth-order valence-electron chi connectivity index (χ4n) is 2.69. The van der Waals surface area contributed by atoms with Gasteiger partial charge in [0, 0.05) is 0 Å². The van der Waals surface area contributed by atoms with Gasteiger partial charge in [-0.05, 0) is 30.4 Å². The number of hydrogen-bond acceptors (Lipinski definition) is 0. The van der Waals surface area contributed by atoms with Crippen LogP contribution < -0.4 is 0 Å². The van der Waals surface area contributed by atoms with Crippen LogP contribution in [-0.2, 0) is 6.42 Å². The normalized spacial score (nSPS) is 10.9. The van der Waals surface area contributed by atoms with Gasteiger partial charge in [0.25, 0.3) is 0 Å². The number of rotatable bonds is 12. The summed E-state index contributed by atoms with van der Waals surface area (Å²) in [5, 5.41) is 0. The predicted octanol–water partition coefficient (Wildman–Crippen LogP) is 6.72. The molecule has 113 valence electrons. The van der Waals surface area contributed by atoms with Crippen LogP contribution in [0, 0.1) is 6.42 Å². The van der Waals surface area contributed by atoms with Crippen molar-refractivity contribution >= 4 is 0 Å². The van der Waals surface area contributed by atoms with E-state index < -0.39 is 0 Å². The van der Waals surface area contributed by atoms with Crippen molar-refractivity contribution in [2.24, 2.45) is 0 Å². The SMILES string of the molecule is C[CH]c1ccc(CCCCCCCCCCCC)cc1. The Morgan fingerprint density at radius 1 is 0.700 bits per heavy atom. The maximum atomic E-state index is 2.29. The molecule has 0 spiro atoms. The third kappa shape index (κ3) is 8.40. The van der Waals surface area contributed by atoms with E-state index in [1.807, 2.05) is 0 Å². The van der Waals surface area contributed by atoms with Crippen molar-refractivity contribution in [3.05, 3.63) is 41.8 Å². The quantitative estimate of drug-likeness (QED) is 0.371. The van der Waals surface area contributed by atoms with Crippen molar-refractivity contribution in [1.29, 1.82) is 0 Å². The van der Waals surface area contributed by atoms with Crippen LogP contribution in [-0.4, -0.2) is 0 Å². The van der Waals surface area contributed by atoms with E-state index in [1.54, 1.807) is 0 Å². The molecule has 1 aromatic rings. The molecule has 20 heavy (non-hydrogen) atoms. The van der Waals surface area contributed by atoms with Crippen LogP contribution >= 0.6 is 0 Å². The molecule has 0 saturated carbocycles. The second-order valence-electron chi connectivity index (χ2n) is 5.96. The highest BCUT2D eigenvalue weighted by molar-refractivity contribution is 5.26. The molecule has 0 aliphatic heterocycles. The highest BCUT2D eigenvalue weighted by atomic mass is 14.0. The van der Waals surface area contributed by atoms with Crippen LogP contribution in [0.2, 0.25) is 0 Å². The average Bonchev–Trinajstić information content (AvgIpc) is 2.50. The van der Waals surface area contributed by atoms with Crippen molar-refractivity contribution in [3.8, 4) is 0 Å². The first-order valence-electron chi connectivity index (χ1n) is 8.75. The van der Waals surface area contributed by atoms with Crippen LogP contribution in [0.25, 0.3) is 0 Å². The lowest BCUT2D eigenvalue weighted by atomic mass is 10.0. The standard InChI is InChI=1S/C20H33/c1-3-5-6-7-8-9-10-11-12-13-14-20-17-15-19(4-2)16-18-20/h4,15-18H,3,5-14H2,1-2H3. The molecule has 0 unspecified atom stereocenters. The molecule has 0 amide bonds. The van der Waals surface area contributed by atoms with Gasteiger partial charge < -0.3 is 0 Å². The van der Waals surface area contributed by atoms with Gasteiger partial charge in [0.1, 0.15) is 0 Å². The number of aryl methyl sites for hydroxylation is 1. The number of unbranched alkanes of at least 4 members (excludes halogenated alkanes) is 9. The Morgan fingerprint density at radius 3 is 1.70 bits per heavy atom. The highest BCUT2D eigenvalue weighted by Gasteiger charge is 1.95. The van der Waals surface area contributed by atoms with Gasteiger partial charge in [0.2, 0.25) is 0 Å². The molecule has 0 aromatic heterocycles. The molecule has 0 bridgehead atoms. The Kier molecular flexibility index (Phi) is 10.4. The van der Waals surface area contributed by atoms with E-state index in [2.05, 4.69) is 44.5 Å². The summed E-state index contributed by atoms with van der Waals surface area (Å²) in [4.78, 5) is 0. The fourth-order valence-corrected chi connectivity index (χ4v) is 2.69. The molecule has 0 aliphatic carbocycles. The van der Waals surface area contributed by atoms with E-state index in [1.165, 1.54) is 81.8 Å². The van der Waals surface area contributed by atoms with Gasteiger partial charge in [0.05, 0.1) is 0 Å². The van der Waals surface area contributed by atoms with Crippen LogP contribution in [0.1, 0.15) is 89.2 Å². The molecule has 1 radical (unpaired) electrons. The summed E-state index contributed by atoms with van der Waals surface area (Å²) in [6, 6.07) is 9.02. The van der Waals surface area contributed by atoms with Gasteiger partial charge in [-0.1, -0.05) is 95.9 Å². The van der Waals surface area contributed by atoms with Gasteiger partial charge >= 0.3 is 0 Å². The van der Waals surface area contributed by atoms with Gasteiger partial charge in [-0.25, -0.2) is 0 Å². The van der Waals surface area contributed by atoms with E-state index in [4.69, 9.17) is 0 Å². The Morgan fingerprint density at radius 2 is 1.20 bits per heavy atom. The topological polar surface area (TPSA) is 0 Å².